The third-order valence-electron chi connectivity index (χ3n) is 3.77. The molecule has 2 atom stereocenters. The molecule has 2 heterocycles. The van der Waals surface area contributed by atoms with Gasteiger partial charge in [0.2, 0.25) is 5.91 Å². The van der Waals surface area contributed by atoms with E-state index in [9.17, 15) is 9.59 Å². The number of carbonyl (C=O) groups is 2. The average molecular weight is 251 g/mol. The molecular formula is C12H17N3O3. The van der Waals surface area contributed by atoms with Crippen LogP contribution >= 0.6 is 0 Å². The Balaban J connectivity index is 1.69. The van der Waals surface area contributed by atoms with Crippen LogP contribution in [-0.4, -0.2) is 60.6 Å². The minimum Gasteiger partial charge on any atom is -0.389 e. The first-order valence-electron chi connectivity index (χ1n) is 6.32. The zero-order chi connectivity index (χ0) is 12.9. The van der Waals surface area contributed by atoms with E-state index in [1.165, 1.54) is 4.90 Å². The van der Waals surface area contributed by atoms with Gasteiger partial charge in [-0.05, 0) is 12.8 Å². The van der Waals surface area contributed by atoms with Gasteiger partial charge in [0.05, 0.1) is 12.5 Å². The van der Waals surface area contributed by atoms with Crippen LogP contribution in [0, 0.1) is 11.8 Å². The molecule has 98 valence electrons. The van der Waals surface area contributed by atoms with E-state index in [-0.39, 0.29) is 29.8 Å². The summed E-state index contributed by atoms with van der Waals surface area (Å²) in [6, 6.07) is 0. The van der Waals surface area contributed by atoms with Crippen molar-refractivity contribution < 1.29 is 14.4 Å². The number of likely N-dealkylation sites (tertiary alicyclic amines) is 1. The first kappa shape index (κ1) is 11.5. The van der Waals surface area contributed by atoms with E-state index < -0.39 is 0 Å². The minimum atomic E-state index is -0.133. The number of hydrogen-bond acceptors (Lipinski definition) is 4. The highest BCUT2D eigenvalue weighted by molar-refractivity contribution is 6.40. The van der Waals surface area contributed by atoms with Crippen molar-refractivity contribution in [1.82, 2.24) is 9.80 Å². The van der Waals surface area contributed by atoms with Crippen LogP contribution < -0.4 is 0 Å². The Kier molecular flexibility index (Phi) is 2.53. The molecule has 1 saturated carbocycles. The summed E-state index contributed by atoms with van der Waals surface area (Å²) in [5.41, 5.74) is 0.455. The summed E-state index contributed by atoms with van der Waals surface area (Å²) in [7, 11) is 3.39. The van der Waals surface area contributed by atoms with Crippen molar-refractivity contribution >= 4 is 17.5 Å². The average Bonchev–Trinajstić information content (AvgIpc) is 2.98. The van der Waals surface area contributed by atoms with Gasteiger partial charge in [0, 0.05) is 26.6 Å². The molecule has 2 amide bonds. The molecule has 6 nitrogen and oxygen atoms in total. The molecule has 1 saturated heterocycles. The lowest BCUT2D eigenvalue weighted by molar-refractivity contribution is -0.132. The first-order valence-corrected chi connectivity index (χ1v) is 6.32. The summed E-state index contributed by atoms with van der Waals surface area (Å²) in [6.07, 6.45) is 1.87. The number of fused-ring (bicyclic) bond motifs is 1. The van der Waals surface area contributed by atoms with E-state index in [4.69, 9.17) is 4.84 Å². The SMILES string of the molecule is CN(C)C(=O)C1=NOC2CN(C(=O)C3CC3)CC12. The minimum absolute atomic E-state index is 0.0531. The maximum absolute atomic E-state index is 12.0. The summed E-state index contributed by atoms with van der Waals surface area (Å²) < 4.78 is 0. The normalized spacial score (nSPS) is 29.7. The van der Waals surface area contributed by atoms with Gasteiger partial charge < -0.3 is 14.6 Å². The molecule has 2 aliphatic heterocycles. The molecule has 0 spiro atoms. The Labute approximate surface area is 106 Å². The summed E-state index contributed by atoms with van der Waals surface area (Å²) in [5.74, 6) is 0.254. The standard InChI is InChI=1S/C12H17N3O3/c1-14(2)12(17)10-8-5-15(6-9(8)18-13-10)11(16)7-3-4-7/h7-9H,3-6H2,1-2H3. The third-order valence-corrected chi connectivity index (χ3v) is 3.77. The number of oxime groups is 1. The molecule has 3 rings (SSSR count). The van der Waals surface area contributed by atoms with Crippen LogP contribution in [0.1, 0.15) is 12.8 Å². The Hall–Kier alpha value is -1.59. The topological polar surface area (TPSA) is 62.2 Å². The Morgan fingerprint density at radius 2 is 2.06 bits per heavy atom. The molecule has 6 heteroatoms. The van der Waals surface area contributed by atoms with E-state index in [2.05, 4.69) is 5.16 Å². The zero-order valence-electron chi connectivity index (χ0n) is 10.6. The van der Waals surface area contributed by atoms with Crippen molar-refractivity contribution in [2.75, 3.05) is 27.2 Å². The smallest absolute Gasteiger partial charge is 0.271 e. The van der Waals surface area contributed by atoms with Crippen molar-refractivity contribution in [1.29, 1.82) is 0 Å². The predicted octanol–water partition coefficient (Wildman–Crippen LogP) is -0.302. The third kappa shape index (κ3) is 1.76. The van der Waals surface area contributed by atoms with Gasteiger partial charge in [-0.2, -0.15) is 0 Å². The number of nitrogens with zero attached hydrogens (tertiary/aromatic N) is 3. The molecule has 0 aromatic heterocycles. The highest BCUT2D eigenvalue weighted by atomic mass is 16.6. The van der Waals surface area contributed by atoms with E-state index in [0.29, 0.717) is 18.8 Å². The van der Waals surface area contributed by atoms with Crippen LogP contribution in [0.15, 0.2) is 5.16 Å². The van der Waals surface area contributed by atoms with Crippen LogP contribution in [0.3, 0.4) is 0 Å². The van der Waals surface area contributed by atoms with Gasteiger partial charge in [0.1, 0.15) is 0 Å². The Morgan fingerprint density at radius 3 is 2.67 bits per heavy atom. The predicted molar refractivity (Wildman–Crippen MR) is 63.8 cm³/mol. The number of rotatable bonds is 2. The molecule has 0 bridgehead atoms. The fourth-order valence-electron chi connectivity index (χ4n) is 2.53. The summed E-state index contributed by atoms with van der Waals surface area (Å²) in [6.45, 7) is 1.13. The van der Waals surface area contributed by atoms with Gasteiger partial charge in [-0.1, -0.05) is 5.16 Å². The lowest BCUT2D eigenvalue weighted by atomic mass is 10.00. The maximum atomic E-state index is 12.0. The number of carbonyl (C=O) groups excluding carboxylic acids is 2. The van der Waals surface area contributed by atoms with Crippen LogP contribution in [0.5, 0.6) is 0 Å². The monoisotopic (exact) mass is 251 g/mol. The highest BCUT2D eigenvalue weighted by Gasteiger charge is 2.48. The Bertz CT molecular complexity index is 428. The molecule has 0 N–H and O–H groups in total. The van der Waals surface area contributed by atoms with Gasteiger partial charge in [-0.15, -0.1) is 0 Å². The van der Waals surface area contributed by atoms with Gasteiger partial charge in [-0.3, -0.25) is 9.59 Å². The Morgan fingerprint density at radius 1 is 1.33 bits per heavy atom. The fraction of sp³-hybridized carbons (Fsp3) is 0.750. The van der Waals surface area contributed by atoms with Crippen LogP contribution in [-0.2, 0) is 14.4 Å². The van der Waals surface area contributed by atoms with Crippen LogP contribution in [0.4, 0.5) is 0 Å². The second-order valence-electron chi connectivity index (χ2n) is 5.44. The van der Waals surface area contributed by atoms with Crippen molar-refractivity contribution in [3.05, 3.63) is 0 Å². The zero-order valence-corrected chi connectivity index (χ0v) is 10.6. The van der Waals surface area contributed by atoms with Gasteiger partial charge in [-0.25, -0.2) is 0 Å². The van der Waals surface area contributed by atoms with Crippen molar-refractivity contribution in [3.63, 3.8) is 0 Å². The molecule has 2 unspecified atom stereocenters. The lowest BCUT2D eigenvalue weighted by Crippen LogP contribution is -2.37. The van der Waals surface area contributed by atoms with Crippen molar-refractivity contribution in [2.24, 2.45) is 17.0 Å². The quantitative estimate of drug-likeness (QED) is 0.677. The summed E-state index contributed by atoms with van der Waals surface area (Å²) in [4.78, 5) is 32.5. The fourth-order valence-corrected chi connectivity index (χ4v) is 2.53. The summed E-state index contributed by atoms with van der Waals surface area (Å²) in [5, 5.41) is 3.88. The lowest BCUT2D eigenvalue weighted by Gasteiger charge is -2.17. The van der Waals surface area contributed by atoms with Crippen LogP contribution in [0.2, 0.25) is 0 Å². The molecule has 3 aliphatic rings. The second-order valence-corrected chi connectivity index (χ2v) is 5.44. The van der Waals surface area contributed by atoms with Crippen molar-refractivity contribution in [3.8, 4) is 0 Å². The molecule has 1 aliphatic carbocycles. The molecule has 0 radical (unpaired) electrons. The highest BCUT2D eigenvalue weighted by Crippen LogP contribution is 2.35. The molecular weight excluding hydrogens is 234 g/mol. The second kappa shape index (κ2) is 3.96. The van der Waals surface area contributed by atoms with E-state index in [0.717, 1.165) is 12.8 Å². The van der Waals surface area contributed by atoms with E-state index in [1.54, 1.807) is 14.1 Å². The van der Waals surface area contributed by atoms with Crippen molar-refractivity contribution in [2.45, 2.75) is 18.9 Å². The number of amides is 2. The van der Waals surface area contributed by atoms with Gasteiger partial charge in [0.25, 0.3) is 5.91 Å². The molecule has 2 fully saturated rings. The molecule has 18 heavy (non-hydrogen) atoms. The first-order chi connectivity index (χ1) is 8.58. The molecule has 0 aromatic carbocycles. The maximum Gasteiger partial charge on any atom is 0.271 e. The largest absolute Gasteiger partial charge is 0.389 e. The molecule has 0 aromatic rings. The van der Waals surface area contributed by atoms with Gasteiger partial charge in [0.15, 0.2) is 11.8 Å². The summed E-state index contributed by atoms with van der Waals surface area (Å²) >= 11 is 0. The van der Waals surface area contributed by atoms with Crippen LogP contribution in [0.25, 0.3) is 0 Å². The number of hydrogen-bond donors (Lipinski definition) is 0. The van der Waals surface area contributed by atoms with E-state index in [1.807, 2.05) is 4.90 Å². The van der Waals surface area contributed by atoms with Gasteiger partial charge >= 0.3 is 0 Å². The van der Waals surface area contributed by atoms with E-state index >= 15 is 0 Å².